The maximum absolute atomic E-state index is 12.1. The predicted molar refractivity (Wildman–Crippen MR) is 101 cm³/mol. The number of amides is 2. The van der Waals surface area contributed by atoms with Crippen molar-refractivity contribution in [1.29, 1.82) is 0 Å². The van der Waals surface area contributed by atoms with Gasteiger partial charge in [-0.25, -0.2) is 17.9 Å². The molecule has 0 unspecified atom stereocenters. The first-order valence-corrected chi connectivity index (χ1v) is 9.93. The molecule has 2 N–H and O–H groups in total. The largest absolute Gasteiger partial charge is 0.452 e. The molecule has 0 atom stereocenters. The van der Waals surface area contributed by atoms with E-state index >= 15 is 0 Å². The molecule has 0 aliphatic heterocycles. The molecule has 9 heteroatoms. The van der Waals surface area contributed by atoms with Crippen LogP contribution in [0.1, 0.15) is 22.8 Å². The van der Waals surface area contributed by atoms with Gasteiger partial charge >= 0.3 is 5.97 Å². The normalized spacial score (nSPS) is 10.9. The van der Waals surface area contributed by atoms with Crippen LogP contribution in [0, 0.1) is 0 Å². The molecule has 2 aromatic carbocycles. The smallest absolute Gasteiger partial charge is 0.338 e. The van der Waals surface area contributed by atoms with Crippen LogP contribution < -0.4 is 10.0 Å². The van der Waals surface area contributed by atoms with Crippen LogP contribution in [0.15, 0.2) is 59.5 Å². The van der Waals surface area contributed by atoms with Crippen LogP contribution in [0.25, 0.3) is 0 Å². The zero-order valence-corrected chi connectivity index (χ0v) is 16.0. The Morgan fingerprint density at radius 2 is 1.68 bits per heavy atom. The third kappa shape index (κ3) is 6.29. The second-order valence-corrected chi connectivity index (χ2v) is 7.51. The van der Waals surface area contributed by atoms with E-state index in [1.165, 1.54) is 18.2 Å². The number of hydrogen-bond acceptors (Lipinski definition) is 6. The van der Waals surface area contributed by atoms with E-state index in [1.54, 1.807) is 31.2 Å². The third-order valence-corrected chi connectivity index (χ3v) is 5.08. The molecule has 0 saturated heterocycles. The van der Waals surface area contributed by atoms with Gasteiger partial charge < -0.3 is 4.74 Å². The standard InChI is InChI=1S/C19H20N2O6S/c1-2-20-28(25,26)16-10-6-9-15(12-16)19(24)27-13-18(23)21-17(22)11-14-7-4-3-5-8-14/h3-10,12,20H,2,11,13H2,1H3,(H,21,22,23). The van der Waals surface area contributed by atoms with E-state index in [-0.39, 0.29) is 23.4 Å². The van der Waals surface area contributed by atoms with Crippen molar-refractivity contribution in [2.24, 2.45) is 0 Å². The Morgan fingerprint density at radius 3 is 2.36 bits per heavy atom. The van der Waals surface area contributed by atoms with E-state index in [0.29, 0.717) is 0 Å². The maximum Gasteiger partial charge on any atom is 0.338 e. The summed E-state index contributed by atoms with van der Waals surface area (Å²) in [6.07, 6.45) is 0.0187. The summed E-state index contributed by atoms with van der Waals surface area (Å²) in [5.74, 6) is -2.17. The predicted octanol–water partition coefficient (Wildman–Crippen LogP) is 1.03. The number of benzene rings is 2. The molecular formula is C19H20N2O6S. The molecule has 2 aromatic rings. The second kappa shape index (κ2) is 9.77. The summed E-state index contributed by atoms with van der Waals surface area (Å²) >= 11 is 0. The van der Waals surface area contributed by atoms with Crippen molar-refractivity contribution in [3.63, 3.8) is 0 Å². The lowest BCUT2D eigenvalue weighted by molar-refractivity contribution is -0.132. The van der Waals surface area contributed by atoms with E-state index in [9.17, 15) is 22.8 Å². The number of carbonyl (C=O) groups is 3. The molecule has 0 aromatic heterocycles. The Bertz CT molecular complexity index is 957. The van der Waals surface area contributed by atoms with Gasteiger partial charge in [-0.15, -0.1) is 0 Å². The van der Waals surface area contributed by atoms with Crippen molar-refractivity contribution in [3.05, 3.63) is 65.7 Å². The lowest BCUT2D eigenvalue weighted by Gasteiger charge is -2.08. The Morgan fingerprint density at radius 1 is 0.964 bits per heavy atom. The number of nitrogens with one attached hydrogen (secondary N) is 2. The van der Waals surface area contributed by atoms with Crippen LogP contribution in [0.3, 0.4) is 0 Å². The van der Waals surface area contributed by atoms with Crippen molar-refractivity contribution in [2.75, 3.05) is 13.2 Å². The Kier molecular flexibility index (Phi) is 7.42. The zero-order chi connectivity index (χ0) is 20.6. The van der Waals surface area contributed by atoms with Crippen molar-refractivity contribution < 1.29 is 27.5 Å². The quantitative estimate of drug-likeness (QED) is 0.635. The van der Waals surface area contributed by atoms with E-state index in [1.807, 2.05) is 6.07 Å². The number of rotatable bonds is 8. The fourth-order valence-corrected chi connectivity index (χ4v) is 3.38. The summed E-state index contributed by atoms with van der Waals surface area (Å²) in [7, 11) is -3.73. The number of hydrogen-bond donors (Lipinski definition) is 2. The van der Waals surface area contributed by atoms with Gasteiger partial charge in [-0.1, -0.05) is 43.3 Å². The van der Waals surface area contributed by atoms with Gasteiger partial charge in [0.05, 0.1) is 16.9 Å². The maximum atomic E-state index is 12.1. The van der Waals surface area contributed by atoms with E-state index in [4.69, 9.17) is 4.74 Å². The van der Waals surface area contributed by atoms with Gasteiger partial charge in [0.1, 0.15) is 0 Å². The first-order chi connectivity index (χ1) is 13.3. The molecule has 0 radical (unpaired) electrons. The SMILES string of the molecule is CCNS(=O)(=O)c1cccc(C(=O)OCC(=O)NC(=O)Cc2ccccc2)c1. The zero-order valence-electron chi connectivity index (χ0n) is 15.2. The van der Waals surface area contributed by atoms with Gasteiger partial charge in [-0.2, -0.15) is 0 Å². The molecule has 0 fully saturated rings. The highest BCUT2D eigenvalue weighted by molar-refractivity contribution is 7.89. The van der Waals surface area contributed by atoms with Gasteiger partial charge in [-0.3, -0.25) is 14.9 Å². The van der Waals surface area contributed by atoms with E-state index in [2.05, 4.69) is 10.0 Å². The fraction of sp³-hybridized carbons (Fsp3) is 0.211. The summed E-state index contributed by atoms with van der Waals surface area (Å²) < 4.78 is 31.1. The van der Waals surface area contributed by atoms with Crippen LogP contribution >= 0.6 is 0 Å². The number of imide groups is 1. The van der Waals surface area contributed by atoms with Gasteiger partial charge in [0.25, 0.3) is 5.91 Å². The summed E-state index contributed by atoms with van der Waals surface area (Å²) in [4.78, 5) is 35.6. The highest BCUT2D eigenvalue weighted by Crippen LogP contribution is 2.12. The first-order valence-electron chi connectivity index (χ1n) is 8.45. The topological polar surface area (TPSA) is 119 Å². The van der Waals surface area contributed by atoms with E-state index < -0.39 is 34.4 Å². The Hall–Kier alpha value is -3.04. The fourth-order valence-electron chi connectivity index (χ4n) is 2.30. The number of ether oxygens (including phenoxy) is 1. The molecule has 0 saturated carbocycles. The van der Waals surface area contributed by atoms with Crippen LogP contribution in [0.4, 0.5) is 0 Å². The number of carbonyl (C=O) groups excluding carboxylic acids is 3. The van der Waals surface area contributed by atoms with Gasteiger partial charge in [0.2, 0.25) is 15.9 Å². The average Bonchev–Trinajstić information content (AvgIpc) is 2.67. The van der Waals surface area contributed by atoms with Crippen LogP contribution in [0.5, 0.6) is 0 Å². The lowest BCUT2D eigenvalue weighted by atomic mass is 10.1. The minimum Gasteiger partial charge on any atom is -0.452 e. The second-order valence-electron chi connectivity index (χ2n) is 5.74. The molecule has 8 nitrogen and oxygen atoms in total. The Labute approximate surface area is 163 Å². The number of esters is 1. The molecule has 0 aliphatic carbocycles. The first kappa shape index (κ1) is 21.3. The lowest BCUT2D eigenvalue weighted by Crippen LogP contribution is -2.35. The van der Waals surface area contributed by atoms with Crippen molar-refractivity contribution in [2.45, 2.75) is 18.2 Å². The molecule has 2 rings (SSSR count). The van der Waals surface area contributed by atoms with Gasteiger partial charge in [-0.05, 0) is 23.8 Å². The van der Waals surface area contributed by atoms with Gasteiger partial charge in [0.15, 0.2) is 6.61 Å². The highest BCUT2D eigenvalue weighted by atomic mass is 32.2. The van der Waals surface area contributed by atoms with Crippen molar-refractivity contribution in [3.8, 4) is 0 Å². The molecule has 2 amide bonds. The number of sulfonamides is 1. The molecule has 0 heterocycles. The van der Waals surface area contributed by atoms with Crippen LogP contribution in [0.2, 0.25) is 0 Å². The van der Waals surface area contributed by atoms with E-state index in [0.717, 1.165) is 11.6 Å². The summed E-state index contributed by atoms with van der Waals surface area (Å²) in [5.41, 5.74) is 0.714. The molecule has 0 aliphatic rings. The Balaban J connectivity index is 1.89. The molecule has 148 valence electrons. The van der Waals surface area contributed by atoms with Crippen molar-refractivity contribution >= 4 is 27.8 Å². The summed E-state index contributed by atoms with van der Waals surface area (Å²) in [6.45, 7) is 1.17. The van der Waals surface area contributed by atoms with Crippen LogP contribution in [-0.4, -0.2) is 39.4 Å². The minimum absolute atomic E-state index is 0.0187. The summed E-state index contributed by atoms with van der Waals surface area (Å²) in [5, 5.41) is 2.13. The highest BCUT2D eigenvalue weighted by Gasteiger charge is 2.17. The molecule has 0 spiro atoms. The summed E-state index contributed by atoms with van der Waals surface area (Å²) in [6, 6.07) is 14.1. The van der Waals surface area contributed by atoms with Gasteiger partial charge in [0, 0.05) is 6.54 Å². The monoisotopic (exact) mass is 404 g/mol. The molecule has 28 heavy (non-hydrogen) atoms. The molecule has 0 bridgehead atoms. The van der Waals surface area contributed by atoms with Crippen molar-refractivity contribution in [1.82, 2.24) is 10.0 Å². The molecular weight excluding hydrogens is 384 g/mol. The minimum atomic E-state index is -3.73. The third-order valence-electron chi connectivity index (χ3n) is 3.54. The average molecular weight is 404 g/mol. The van der Waals surface area contributed by atoms with Crippen LogP contribution in [-0.2, 0) is 30.8 Å².